The number of ether oxygens (including phenoxy) is 1. The smallest absolute Gasteiger partial charge is 0.490 e. The number of aromatic nitrogens is 2. The predicted molar refractivity (Wildman–Crippen MR) is 127 cm³/mol. The minimum absolute atomic E-state index is 0.311. The number of aryl methyl sites for hydroxylation is 1. The number of fused-ring (bicyclic) bond motifs is 1. The molecule has 39 heavy (non-hydrogen) atoms. The monoisotopic (exact) mass is 566 g/mol. The zero-order valence-corrected chi connectivity index (χ0v) is 20.8. The highest BCUT2D eigenvalue weighted by molar-refractivity contribution is 5.73. The van der Waals surface area contributed by atoms with Gasteiger partial charge in [0.2, 0.25) is 0 Å². The molecule has 0 saturated carbocycles. The SMILES string of the molecule is COc1ccc2c(c1)CCCC2Nc1cc(C2CCNCC2)ncn1.O=C(O)C(F)(F)F.O=C(O)C(F)(F)F. The first-order valence-electron chi connectivity index (χ1n) is 11.8. The average Bonchev–Trinajstić information content (AvgIpc) is 2.89. The number of alkyl halides is 6. The van der Waals surface area contributed by atoms with Crippen LogP contribution in [-0.2, 0) is 16.0 Å². The first-order chi connectivity index (χ1) is 18.2. The Balaban J connectivity index is 0.000000317. The Morgan fingerprint density at radius 1 is 0.974 bits per heavy atom. The number of rotatable bonds is 4. The van der Waals surface area contributed by atoms with Crippen LogP contribution < -0.4 is 15.4 Å². The van der Waals surface area contributed by atoms with Crippen LogP contribution in [0.4, 0.5) is 32.2 Å². The Bertz CT molecular complexity index is 1080. The maximum absolute atomic E-state index is 10.6. The van der Waals surface area contributed by atoms with Crippen molar-refractivity contribution in [2.45, 2.75) is 56.4 Å². The summed E-state index contributed by atoms with van der Waals surface area (Å²) in [6.45, 7) is 2.16. The van der Waals surface area contributed by atoms with Crippen LogP contribution in [0.15, 0.2) is 30.6 Å². The lowest BCUT2D eigenvalue weighted by atomic mass is 9.87. The van der Waals surface area contributed by atoms with E-state index in [-0.39, 0.29) is 0 Å². The van der Waals surface area contributed by atoms with Crippen molar-refractivity contribution in [1.29, 1.82) is 0 Å². The number of halogens is 6. The fourth-order valence-electron chi connectivity index (χ4n) is 4.04. The van der Waals surface area contributed by atoms with Crippen molar-refractivity contribution >= 4 is 17.8 Å². The summed E-state index contributed by atoms with van der Waals surface area (Å²) in [7, 11) is 1.73. The van der Waals surface area contributed by atoms with E-state index in [4.69, 9.17) is 24.5 Å². The highest BCUT2D eigenvalue weighted by Gasteiger charge is 2.38. The number of carboxylic acid groups (broad SMARTS) is 2. The molecule has 4 rings (SSSR count). The third kappa shape index (κ3) is 10.2. The van der Waals surface area contributed by atoms with Gasteiger partial charge in [0.05, 0.1) is 13.2 Å². The minimum atomic E-state index is -5.08. The van der Waals surface area contributed by atoms with Gasteiger partial charge < -0.3 is 25.6 Å². The molecule has 1 atom stereocenters. The third-order valence-electron chi connectivity index (χ3n) is 5.92. The van der Waals surface area contributed by atoms with Crippen molar-refractivity contribution in [3.63, 3.8) is 0 Å². The second kappa shape index (κ2) is 14.0. The molecule has 4 N–H and O–H groups in total. The number of aliphatic carboxylic acids is 2. The maximum Gasteiger partial charge on any atom is 0.490 e. The predicted octanol–water partition coefficient (Wildman–Crippen LogP) is 4.71. The van der Waals surface area contributed by atoms with Gasteiger partial charge in [0.25, 0.3) is 0 Å². The van der Waals surface area contributed by atoms with Gasteiger partial charge in [-0.2, -0.15) is 26.3 Å². The van der Waals surface area contributed by atoms with Crippen LogP contribution in [-0.4, -0.2) is 64.7 Å². The number of hydrogen-bond donors (Lipinski definition) is 4. The Morgan fingerprint density at radius 2 is 1.56 bits per heavy atom. The second-order valence-electron chi connectivity index (χ2n) is 8.61. The van der Waals surface area contributed by atoms with Crippen LogP contribution in [0.2, 0.25) is 0 Å². The van der Waals surface area contributed by atoms with Gasteiger partial charge in [0.1, 0.15) is 17.9 Å². The van der Waals surface area contributed by atoms with Crippen LogP contribution in [0, 0.1) is 0 Å². The number of carbonyl (C=O) groups is 2. The zero-order valence-electron chi connectivity index (χ0n) is 20.8. The molecular weight excluding hydrogens is 538 g/mol. The van der Waals surface area contributed by atoms with Crippen molar-refractivity contribution in [2.24, 2.45) is 0 Å². The molecule has 15 heteroatoms. The molecule has 2 aromatic rings. The molecule has 1 aromatic carbocycles. The number of hydrogen-bond acceptors (Lipinski definition) is 7. The van der Waals surface area contributed by atoms with Crippen molar-refractivity contribution in [3.05, 3.63) is 47.4 Å². The van der Waals surface area contributed by atoms with E-state index in [0.717, 1.165) is 50.3 Å². The fourth-order valence-corrected chi connectivity index (χ4v) is 4.04. The van der Waals surface area contributed by atoms with Crippen molar-refractivity contribution in [2.75, 3.05) is 25.5 Å². The Hall–Kier alpha value is -3.62. The lowest BCUT2D eigenvalue weighted by Gasteiger charge is -2.28. The summed E-state index contributed by atoms with van der Waals surface area (Å²) >= 11 is 0. The normalized spacial score (nSPS) is 17.4. The molecule has 216 valence electrons. The Kier molecular flexibility index (Phi) is 11.3. The number of methoxy groups -OCH3 is 1. The van der Waals surface area contributed by atoms with Crippen LogP contribution in [0.5, 0.6) is 5.75 Å². The van der Waals surface area contributed by atoms with Gasteiger partial charge in [-0.1, -0.05) is 6.07 Å². The van der Waals surface area contributed by atoms with E-state index in [2.05, 4.69) is 44.9 Å². The maximum atomic E-state index is 10.6. The van der Waals surface area contributed by atoms with E-state index in [9.17, 15) is 26.3 Å². The number of nitrogens with zero attached hydrogens (tertiary/aromatic N) is 2. The molecule has 0 radical (unpaired) electrons. The van der Waals surface area contributed by atoms with Crippen LogP contribution in [0.25, 0.3) is 0 Å². The number of piperidine rings is 1. The quantitative estimate of drug-likeness (QED) is 0.389. The average molecular weight is 566 g/mol. The summed E-state index contributed by atoms with van der Waals surface area (Å²) in [4.78, 5) is 26.8. The minimum Gasteiger partial charge on any atom is -0.497 e. The van der Waals surface area contributed by atoms with E-state index in [1.54, 1.807) is 13.4 Å². The standard InChI is InChI=1S/C20H26N4O.2C2HF3O2/c1-25-16-5-6-17-15(11-16)3-2-4-18(17)24-20-12-19(22-13-23-20)14-7-9-21-10-8-14;2*3-2(4,5)1(6)7/h5-6,11-14,18,21H,2-4,7-10H2,1H3,(H,22,23,24);2*(H,6,7). The number of benzene rings is 1. The molecule has 1 fully saturated rings. The summed E-state index contributed by atoms with van der Waals surface area (Å²) in [6.07, 6.45) is -2.71. The van der Waals surface area contributed by atoms with Gasteiger partial charge in [-0.3, -0.25) is 0 Å². The van der Waals surface area contributed by atoms with Crippen LogP contribution in [0.3, 0.4) is 0 Å². The first kappa shape index (κ1) is 31.6. The van der Waals surface area contributed by atoms with E-state index >= 15 is 0 Å². The second-order valence-corrected chi connectivity index (χ2v) is 8.61. The summed E-state index contributed by atoms with van der Waals surface area (Å²) < 4.78 is 68.8. The molecule has 0 amide bonds. The summed E-state index contributed by atoms with van der Waals surface area (Å²) in [5.41, 5.74) is 3.93. The van der Waals surface area contributed by atoms with Crippen molar-refractivity contribution in [3.8, 4) is 5.75 Å². The molecular formula is C24H28F6N4O5. The lowest BCUT2D eigenvalue weighted by molar-refractivity contribution is -0.193. The number of nitrogens with one attached hydrogen (secondary N) is 2. The fraction of sp³-hybridized carbons (Fsp3) is 0.500. The molecule has 2 heterocycles. The summed E-state index contributed by atoms with van der Waals surface area (Å²) in [5.74, 6) is -3.08. The number of anilines is 1. The topological polar surface area (TPSA) is 134 Å². The highest BCUT2D eigenvalue weighted by Crippen LogP contribution is 2.34. The third-order valence-corrected chi connectivity index (χ3v) is 5.92. The van der Waals surface area contributed by atoms with Gasteiger partial charge in [-0.05, 0) is 68.5 Å². The summed E-state index contributed by atoms with van der Waals surface area (Å²) in [5, 5.41) is 21.3. The lowest BCUT2D eigenvalue weighted by Crippen LogP contribution is -2.27. The number of carboxylic acids is 2. The molecule has 0 bridgehead atoms. The molecule has 1 aliphatic carbocycles. The van der Waals surface area contributed by atoms with Crippen LogP contribution in [0.1, 0.15) is 54.5 Å². The molecule has 1 aliphatic heterocycles. The molecule has 1 aromatic heterocycles. The molecule has 9 nitrogen and oxygen atoms in total. The van der Waals surface area contributed by atoms with E-state index in [1.807, 2.05) is 0 Å². The van der Waals surface area contributed by atoms with Gasteiger partial charge >= 0.3 is 24.3 Å². The zero-order chi connectivity index (χ0) is 29.2. The van der Waals surface area contributed by atoms with E-state index < -0.39 is 24.3 Å². The van der Waals surface area contributed by atoms with Crippen LogP contribution >= 0.6 is 0 Å². The molecule has 1 saturated heterocycles. The van der Waals surface area contributed by atoms with E-state index in [1.165, 1.54) is 23.2 Å². The van der Waals surface area contributed by atoms with Crippen molar-refractivity contribution in [1.82, 2.24) is 15.3 Å². The van der Waals surface area contributed by atoms with Gasteiger partial charge in [-0.15, -0.1) is 0 Å². The highest BCUT2D eigenvalue weighted by atomic mass is 19.4. The molecule has 2 aliphatic rings. The summed E-state index contributed by atoms with van der Waals surface area (Å²) in [6, 6.07) is 8.88. The Labute approximate surface area is 219 Å². The van der Waals surface area contributed by atoms with Gasteiger partial charge in [0, 0.05) is 17.7 Å². The van der Waals surface area contributed by atoms with Gasteiger partial charge in [-0.25, -0.2) is 19.6 Å². The molecule has 0 spiro atoms. The van der Waals surface area contributed by atoms with Gasteiger partial charge in [0.15, 0.2) is 0 Å². The van der Waals surface area contributed by atoms with Crippen molar-refractivity contribution < 1.29 is 50.9 Å². The molecule has 1 unspecified atom stereocenters. The van der Waals surface area contributed by atoms with E-state index in [0.29, 0.717) is 12.0 Å². The largest absolute Gasteiger partial charge is 0.497 e. The Morgan fingerprint density at radius 3 is 2.10 bits per heavy atom. The first-order valence-corrected chi connectivity index (χ1v) is 11.8.